The molecule has 0 bridgehead atoms. The number of hydrogen-bond donors (Lipinski definition) is 0. The van der Waals surface area contributed by atoms with Gasteiger partial charge < -0.3 is 9.47 Å². The zero-order valence-corrected chi connectivity index (χ0v) is 9.17. The number of halogens is 1. The minimum Gasteiger partial charge on any atom is -0.496 e. The van der Waals surface area contributed by atoms with E-state index in [2.05, 4.69) is 22.9 Å². The second-order valence-electron chi connectivity index (χ2n) is 3.15. The molecule has 70 valence electrons. The zero-order chi connectivity index (χ0) is 9.42. The van der Waals surface area contributed by atoms with Crippen molar-refractivity contribution >= 4 is 15.9 Å². The fourth-order valence-electron chi connectivity index (χ4n) is 1.44. The first kappa shape index (κ1) is 9.03. The summed E-state index contributed by atoms with van der Waals surface area (Å²) in [7, 11) is 1.68. The van der Waals surface area contributed by atoms with Gasteiger partial charge in [-0.3, -0.25) is 0 Å². The van der Waals surface area contributed by atoms with Gasteiger partial charge in [-0.25, -0.2) is 0 Å². The maximum absolute atomic E-state index is 5.40. The average Bonchev–Trinajstić information content (AvgIpc) is 2.82. The molecule has 0 amide bonds. The molecule has 0 spiro atoms. The molecule has 0 aromatic heterocycles. The number of rotatable bonds is 2. The molecule has 2 nitrogen and oxygen atoms in total. The van der Waals surface area contributed by atoms with Gasteiger partial charge in [0, 0.05) is 10.0 Å². The van der Waals surface area contributed by atoms with Crippen LogP contribution >= 0.6 is 15.9 Å². The van der Waals surface area contributed by atoms with Crippen molar-refractivity contribution in [2.45, 2.75) is 19.1 Å². The standard InChI is InChI=1S/C10H11BrO2/c1-6-10(13-6)8-5-7(11)3-4-9(8)12-2/h3-6,10H,1-2H3. The molecule has 2 rings (SSSR count). The van der Waals surface area contributed by atoms with E-state index in [1.807, 2.05) is 18.2 Å². The van der Waals surface area contributed by atoms with Gasteiger partial charge in [-0.15, -0.1) is 0 Å². The Hall–Kier alpha value is -0.540. The summed E-state index contributed by atoms with van der Waals surface area (Å²) in [4.78, 5) is 0. The fourth-order valence-corrected chi connectivity index (χ4v) is 1.82. The smallest absolute Gasteiger partial charge is 0.124 e. The van der Waals surface area contributed by atoms with Crippen molar-refractivity contribution in [2.75, 3.05) is 7.11 Å². The third-order valence-corrected chi connectivity index (χ3v) is 2.70. The minimum atomic E-state index is 0.215. The van der Waals surface area contributed by atoms with Gasteiger partial charge in [0.15, 0.2) is 0 Å². The highest BCUT2D eigenvalue weighted by molar-refractivity contribution is 9.10. The van der Waals surface area contributed by atoms with Gasteiger partial charge in [0.05, 0.1) is 13.2 Å². The van der Waals surface area contributed by atoms with E-state index in [0.29, 0.717) is 6.10 Å². The molecule has 0 radical (unpaired) electrons. The highest BCUT2D eigenvalue weighted by Gasteiger charge is 2.37. The molecule has 0 aliphatic carbocycles. The lowest BCUT2D eigenvalue weighted by atomic mass is 10.1. The number of benzene rings is 1. The summed E-state index contributed by atoms with van der Waals surface area (Å²) in [5.41, 5.74) is 1.13. The summed E-state index contributed by atoms with van der Waals surface area (Å²) in [5, 5.41) is 0. The Bertz CT molecular complexity index is 325. The van der Waals surface area contributed by atoms with Crippen LogP contribution in [0.3, 0.4) is 0 Å². The van der Waals surface area contributed by atoms with Crippen LogP contribution in [0.1, 0.15) is 18.6 Å². The van der Waals surface area contributed by atoms with E-state index in [9.17, 15) is 0 Å². The number of hydrogen-bond acceptors (Lipinski definition) is 2. The first-order chi connectivity index (χ1) is 6.22. The summed E-state index contributed by atoms with van der Waals surface area (Å²) >= 11 is 3.43. The van der Waals surface area contributed by atoms with E-state index >= 15 is 0 Å². The Morgan fingerprint density at radius 1 is 1.46 bits per heavy atom. The van der Waals surface area contributed by atoms with Crippen molar-refractivity contribution in [3.63, 3.8) is 0 Å². The molecule has 0 N–H and O–H groups in total. The van der Waals surface area contributed by atoms with Crippen LogP contribution in [0.5, 0.6) is 5.75 Å². The van der Waals surface area contributed by atoms with Crippen LogP contribution in [0.15, 0.2) is 22.7 Å². The maximum atomic E-state index is 5.40. The summed E-state index contributed by atoms with van der Waals surface area (Å²) in [5.74, 6) is 0.901. The van der Waals surface area contributed by atoms with Gasteiger partial charge >= 0.3 is 0 Å². The molecular weight excluding hydrogens is 232 g/mol. The van der Waals surface area contributed by atoms with Gasteiger partial charge in [0.1, 0.15) is 11.9 Å². The van der Waals surface area contributed by atoms with Crippen molar-refractivity contribution in [1.29, 1.82) is 0 Å². The van der Waals surface area contributed by atoms with Crippen molar-refractivity contribution < 1.29 is 9.47 Å². The van der Waals surface area contributed by atoms with Gasteiger partial charge in [-0.05, 0) is 25.1 Å². The Balaban J connectivity index is 2.35. The van der Waals surface area contributed by atoms with Crippen molar-refractivity contribution in [1.82, 2.24) is 0 Å². The fraction of sp³-hybridized carbons (Fsp3) is 0.400. The lowest BCUT2D eigenvalue weighted by molar-refractivity contribution is 0.368. The quantitative estimate of drug-likeness (QED) is 0.745. The summed E-state index contributed by atoms with van der Waals surface area (Å²) in [6.07, 6.45) is 0.538. The molecule has 0 saturated carbocycles. The Kier molecular flexibility index (Phi) is 2.30. The second-order valence-corrected chi connectivity index (χ2v) is 4.06. The normalized spacial score (nSPS) is 25.8. The molecule has 2 unspecified atom stereocenters. The molecule has 1 aromatic rings. The maximum Gasteiger partial charge on any atom is 0.124 e. The third-order valence-electron chi connectivity index (χ3n) is 2.21. The van der Waals surface area contributed by atoms with Crippen molar-refractivity contribution in [3.8, 4) is 5.75 Å². The highest BCUT2D eigenvalue weighted by atomic mass is 79.9. The SMILES string of the molecule is COc1ccc(Br)cc1C1OC1C. The molecule has 1 aromatic carbocycles. The Morgan fingerprint density at radius 3 is 2.69 bits per heavy atom. The molecule has 3 heteroatoms. The van der Waals surface area contributed by atoms with Crippen LogP contribution < -0.4 is 4.74 Å². The lowest BCUT2D eigenvalue weighted by Crippen LogP contribution is -1.91. The van der Waals surface area contributed by atoms with Crippen molar-refractivity contribution in [2.24, 2.45) is 0 Å². The van der Waals surface area contributed by atoms with E-state index in [0.717, 1.165) is 15.8 Å². The Labute approximate surface area is 86.0 Å². The van der Waals surface area contributed by atoms with E-state index in [4.69, 9.17) is 9.47 Å². The van der Waals surface area contributed by atoms with E-state index in [1.165, 1.54) is 0 Å². The highest BCUT2D eigenvalue weighted by Crippen LogP contribution is 2.43. The number of epoxide rings is 1. The van der Waals surface area contributed by atoms with Crippen LogP contribution in [0, 0.1) is 0 Å². The van der Waals surface area contributed by atoms with Crippen LogP contribution in [0.4, 0.5) is 0 Å². The Morgan fingerprint density at radius 2 is 2.15 bits per heavy atom. The predicted octanol–water partition coefficient (Wildman–Crippen LogP) is 2.92. The molecule has 13 heavy (non-hydrogen) atoms. The molecule has 1 aliphatic rings. The van der Waals surface area contributed by atoms with Gasteiger partial charge in [-0.2, -0.15) is 0 Å². The van der Waals surface area contributed by atoms with Gasteiger partial charge in [0.2, 0.25) is 0 Å². The molecule has 2 atom stereocenters. The molecule has 1 heterocycles. The molecule has 1 saturated heterocycles. The first-order valence-corrected chi connectivity index (χ1v) is 5.00. The first-order valence-electron chi connectivity index (χ1n) is 4.21. The van der Waals surface area contributed by atoms with Gasteiger partial charge in [-0.1, -0.05) is 15.9 Å². The average molecular weight is 243 g/mol. The summed E-state index contributed by atoms with van der Waals surface area (Å²) in [6.45, 7) is 2.06. The molecular formula is C10H11BrO2. The molecule has 1 aliphatic heterocycles. The van der Waals surface area contributed by atoms with E-state index in [1.54, 1.807) is 7.11 Å². The zero-order valence-electron chi connectivity index (χ0n) is 7.58. The van der Waals surface area contributed by atoms with Crippen LogP contribution in [0.25, 0.3) is 0 Å². The number of methoxy groups -OCH3 is 1. The number of ether oxygens (including phenoxy) is 2. The predicted molar refractivity (Wildman–Crippen MR) is 54.0 cm³/mol. The van der Waals surface area contributed by atoms with Crippen LogP contribution in [0.2, 0.25) is 0 Å². The van der Waals surface area contributed by atoms with Gasteiger partial charge in [0.25, 0.3) is 0 Å². The second kappa shape index (κ2) is 3.31. The monoisotopic (exact) mass is 242 g/mol. The summed E-state index contributed by atoms with van der Waals surface area (Å²) in [6, 6.07) is 5.97. The largest absolute Gasteiger partial charge is 0.496 e. The van der Waals surface area contributed by atoms with Crippen LogP contribution in [-0.2, 0) is 4.74 Å². The van der Waals surface area contributed by atoms with E-state index < -0.39 is 0 Å². The third kappa shape index (κ3) is 1.71. The minimum absolute atomic E-state index is 0.215. The lowest BCUT2D eigenvalue weighted by Gasteiger charge is -2.05. The topological polar surface area (TPSA) is 21.8 Å². The summed E-state index contributed by atoms with van der Waals surface area (Å²) < 4.78 is 11.7. The molecule has 1 fully saturated rings. The van der Waals surface area contributed by atoms with Crippen LogP contribution in [-0.4, -0.2) is 13.2 Å². The van der Waals surface area contributed by atoms with E-state index in [-0.39, 0.29) is 6.10 Å². The van der Waals surface area contributed by atoms with Crippen molar-refractivity contribution in [3.05, 3.63) is 28.2 Å².